The molecule has 0 atom stereocenters. The van der Waals surface area contributed by atoms with Gasteiger partial charge in [0.05, 0.1) is 13.2 Å². The van der Waals surface area contributed by atoms with Gasteiger partial charge < -0.3 is 4.74 Å². The molecule has 0 amide bonds. The molecule has 0 N–H and O–H groups in total. The maximum Gasteiger partial charge on any atom is 0.402 e. The third kappa shape index (κ3) is 1.42. The van der Waals surface area contributed by atoms with Crippen LogP contribution in [0.3, 0.4) is 0 Å². The van der Waals surface area contributed by atoms with Crippen LogP contribution in [0.15, 0.2) is 29.6 Å². The molecule has 1 fully saturated rings. The van der Waals surface area contributed by atoms with Crippen molar-refractivity contribution in [3.63, 3.8) is 0 Å². The van der Waals surface area contributed by atoms with Crippen molar-refractivity contribution in [1.82, 2.24) is 0 Å². The van der Waals surface area contributed by atoms with E-state index in [1.807, 2.05) is 12.1 Å². The summed E-state index contributed by atoms with van der Waals surface area (Å²) in [6, 6.07) is 7.18. The molecule has 17 heavy (non-hydrogen) atoms. The molecule has 2 heterocycles. The number of halogens is 3. The van der Waals surface area contributed by atoms with Crippen LogP contribution in [0.25, 0.3) is 10.1 Å². The summed E-state index contributed by atoms with van der Waals surface area (Å²) in [5.41, 5.74) is -1.44. The molecule has 0 radical (unpaired) electrons. The van der Waals surface area contributed by atoms with Crippen LogP contribution in [-0.2, 0) is 10.2 Å². The topological polar surface area (TPSA) is 9.23 Å². The molecular formula is C12H9F3OS. The minimum absolute atomic E-state index is 0.267. The number of alkyl halides is 3. The Morgan fingerprint density at radius 2 is 1.88 bits per heavy atom. The van der Waals surface area contributed by atoms with Gasteiger partial charge in [-0.3, -0.25) is 0 Å². The van der Waals surface area contributed by atoms with Gasteiger partial charge in [0, 0.05) is 4.70 Å². The monoisotopic (exact) mass is 258 g/mol. The molecule has 5 heteroatoms. The Morgan fingerprint density at radius 1 is 1.18 bits per heavy atom. The smallest absolute Gasteiger partial charge is 0.379 e. The fraction of sp³-hybridized carbons (Fsp3) is 0.333. The zero-order valence-electron chi connectivity index (χ0n) is 8.75. The lowest BCUT2D eigenvalue weighted by atomic mass is 9.78. The second-order valence-corrected chi connectivity index (χ2v) is 5.13. The van der Waals surface area contributed by atoms with Gasteiger partial charge in [0.2, 0.25) is 0 Å². The van der Waals surface area contributed by atoms with E-state index >= 15 is 0 Å². The highest BCUT2D eigenvalue weighted by Gasteiger charge is 2.61. The lowest BCUT2D eigenvalue weighted by Crippen LogP contribution is -2.57. The van der Waals surface area contributed by atoms with Gasteiger partial charge in [0.15, 0.2) is 0 Å². The summed E-state index contributed by atoms with van der Waals surface area (Å²) in [6.07, 6.45) is -4.25. The van der Waals surface area contributed by atoms with Gasteiger partial charge in [-0.2, -0.15) is 13.2 Å². The summed E-state index contributed by atoms with van der Waals surface area (Å²) in [7, 11) is 0. The average molecular weight is 258 g/mol. The van der Waals surface area contributed by atoms with Crippen LogP contribution in [0.5, 0.6) is 0 Å². The Kier molecular flexibility index (Phi) is 2.25. The van der Waals surface area contributed by atoms with Gasteiger partial charge in [-0.15, -0.1) is 11.3 Å². The number of ether oxygens (including phenoxy) is 1. The summed E-state index contributed by atoms with van der Waals surface area (Å²) in [5, 5.41) is 2.30. The molecule has 2 aromatic rings. The second kappa shape index (κ2) is 3.46. The molecule has 1 aliphatic heterocycles. The summed E-state index contributed by atoms with van der Waals surface area (Å²) < 4.78 is 45.2. The first-order chi connectivity index (χ1) is 8.05. The average Bonchev–Trinajstić information content (AvgIpc) is 2.59. The first kappa shape index (κ1) is 11.0. The predicted molar refractivity (Wildman–Crippen MR) is 60.4 cm³/mol. The van der Waals surface area contributed by atoms with Crippen molar-refractivity contribution in [2.45, 2.75) is 11.6 Å². The van der Waals surface area contributed by atoms with E-state index in [9.17, 15) is 13.2 Å². The van der Waals surface area contributed by atoms with Gasteiger partial charge in [0.25, 0.3) is 0 Å². The standard InChI is InChI=1S/C12H9F3OS/c13-12(14,15)11(6-16-7-11)9-5-17-10-4-2-1-3-8(9)10/h1-5H,6-7H2. The van der Waals surface area contributed by atoms with E-state index in [0.717, 1.165) is 4.70 Å². The van der Waals surface area contributed by atoms with Crippen molar-refractivity contribution in [2.24, 2.45) is 0 Å². The zero-order valence-corrected chi connectivity index (χ0v) is 9.57. The largest absolute Gasteiger partial charge is 0.402 e. The third-order valence-corrected chi connectivity index (χ3v) is 4.20. The molecule has 1 nitrogen and oxygen atoms in total. The van der Waals surface area contributed by atoms with E-state index < -0.39 is 11.6 Å². The van der Waals surface area contributed by atoms with Gasteiger partial charge in [-0.05, 0) is 22.4 Å². The van der Waals surface area contributed by atoms with Crippen molar-refractivity contribution in [2.75, 3.05) is 13.2 Å². The van der Waals surface area contributed by atoms with Gasteiger partial charge in [-0.1, -0.05) is 18.2 Å². The fourth-order valence-electron chi connectivity index (χ4n) is 2.13. The third-order valence-electron chi connectivity index (χ3n) is 3.24. The number of rotatable bonds is 1. The number of hydrogen-bond donors (Lipinski definition) is 0. The van der Waals surface area contributed by atoms with Crippen LogP contribution in [0.1, 0.15) is 5.56 Å². The normalized spacial score (nSPS) is 19.2. The molecular weight excluding hydrogens is 249 g/mol. The molecule has 90 valence electrons. The molecule has 1 aromatic carbocycles. The summed E-state index contributed by atoms with van der Waals surface area (Å²) >= 11 is 1.35. The van der Waals surface area contributed by atoms with Crippen molar-refractivity contribution in [3.8, 4) is 0 Å². The van der Waals surface area contributed by atoms with Crippen LogP contribution in [0, 0.1) is 0 Å². The molecule has 1 aliphatic rings. The van der Waals surface area contributed by atoms with E-state index in [4.69, 9.17) is 4.74 Å². The second-order valence-electron chi connectivity index (χ2n) is 4.22. The Bertz CT molecular complexity index is 554. The maximum atomic E-state index is 13.2. The van der Waals surface area contributed by atoms with E-state index in [1.54, 1.807) is 17.5 Å². The van der Waals surface area contributed by atoms with Gasteiger partial charge in [-0.25, -0.2) is 0 Å². The lowest BCUT2D eigenvalue weighted by molar-refractivity contribution is -0.261. The Labute approximate surface area is 99.8 Å². The van der Waals surface area contributed by atoms with Gasteiger partial charge >= 0.3 is 6.18 Å². The van der Waals surface area contributed by atoms with Crippen LogP contribution in [-0.4, -0.2) is 19.4 Å². The van der Waals surface area contributed by atoms with Crippen molar-refractivity contribution >= 4 is 21.4 Å². The minimum atomic E-state index is -4.25. The first-order valence-electron chi connectivity index (χ1n) is 5.16. The Balaban J connectivity index is 2.21. The van der Waals surface area contributed by atoms with Gasteiger partial charge in [0.1, 0.15) is 5.41 Å². The predicted octanol–water partition coefficient (Wildman–Crippen LogP) is 3.73. The molecule has 3 rings (SSSR count). The number of thiophene rings is 1. The SMILES string of the molecule is FC(F)(F)C1(c2csc3ccccc23)COC1. The van der Waals surface area contributed by atoms with Crippen molar-refractivity contribution < 1.29 is 17.9 Å². The van der Waals surface area contributed by atoms with E-state index in [1.165, 1.54) is 11.3 Å². The van der Waals surface area contributed by atoms with E-state index in [0.29, 0.717) is 10.9 Å². The number of fused-ring (bicyclic) bond motifs is 1. The zero-order chi connectivity index (χ0) is 12.1. The summed E-state index contributed by atoms with van der Waals surface area (Å²) in [4.78, 5) is 0. The number of benzene rings is 1. The summed E-state index contributed by atoms with van der Waals surface area (Å²) in [6.45, 7) is -0.533. The van der Waals surface area contributed by atoms with Crippen LogP contribution in [0.4, 0.5) is 13.2 Å². The van der Waals surface area contributed by atoms with E-state index in [-0.39, 0.29) is 13.2 Å². The fourth-order valence-corrected chi connectivity index (χ4v) is 3.19. The highest BCUT2D eigenvalue weighted by molar-refractivity contribution is 7.17. The van der Waals surface area contributed by atoms with E-state index in [2.05, 4.69) is 0 Å². The Morgan fingerprint density at radius 3 is 2.47 bits per heavy atom. The van der Waals surface area contributed by atoms with Crippen molar-refractivity contribution in [3.05, 3.63) is 35.2 Å². The summed E-state index contributed by atoms with van der Waals surface area (Å²) in [5.74, 6) is 0. The number of hydrogen-bond acceptors (Lipinski definition) is 2. The lowest BCUT2D eigenvalue weighted by Gasteiger charge is -2.42. The minimum Gasteiger partial charge on any atom is -0.379 e. The molecule has 0 bridgehead atoms. The highest BCUT2D eigenvalue weighted by atomic mass is 32.1. The molecule has 1 aromatic heterocycles. The molecule has 0 aliphatic carbocycles. The van der Waals surface area contributed by atoms with Crippen molar-refractivity contribution in [1.29, 1.82) is 0 Å². The maximum absolute atomic E-state index is 13.2. The highest BCUT2D eigenvalue weighted by Crippen LogP contribution is 2.49. The molecule has 0 unspecified atom stereocenters. The van der Waals surface area contributed by atoms with Crippen LogP contribution in [0.2, 0.25) is 0 Å². The molecule has 0 spiro atoms. The molecule has 1 saturated heterocycles. The van der Waals surface area contributed by atoms with Crippen LogP contribution >= 0.6 is 11.3 Å². The molecule has 0 saturated carbocycles. The Hall–Kier alpha value is -1.07. The first-order valence-corrected chi connectivity index (χ1v) is 6.04. The quantitative estimate of drug-likeness (QED) is 0.757. The van der Waals surface area contributed by atoms with Crippen LogP contribution < -0.4 is 0 Å².